The Morgan fingerprint density at radius 2 is 1.77 bits per heavy atom. The number of rotatable bonds is 7. The summed E-state index contributed by atoms with van der Waals surface area (Å²) in [7, 11) is 0. The fraction of sp³-hybridized carbons (Fsp3) is 0.158. The molecule has 0 aliphatic heterocycles. The number of aryl methyl sites for hydroxylation is 2. The van der Waals surface area contributed by atoms with Gasteiger partial charge in [0.05, 0.1) is 9.85 Å². The molecule has 0 saturated carbocycles. The molecule has 0 atom stereocenters. The smallest absolute Gasteiger partial charge is 0.309 e. The van der Waals surface area contributed by atoms with Crippen LogP contribution < -0.4 is 5.32 Å². The van der Waals surface area contributed by atoms with Gasteiger partial charge in [0.2, 0.25) is 5.91 Å². The molecule has 3 rings (SSSR count). The van der Waals surface area contributed by atoms with Gasteiger partial charge in [-0.2, -0.15) is 5.10 Å². The number of carbonyl (C=O) groups excluding carboxylic acids is 1. The summed E-state index contributed by atoms with van der Waals surface area (Å²) in [6.07, 6.45) is 1.17. The number of hydrogen-bond donors (Lipinski definition) is 1. The molecular formula is C19H17N5O5S. The van der Waals surface area contributed by atoms with Gasteiger partial charge >= 0.3 is 5.69 Å². The van der Waals surface area contributed by atoms with Crippen LogP contribution in [0.1, 0.15) is 11.3 Å². The van der Waals surface area contributed by atoms with Crippen LogP contribution >= 0.6 is 11.8 Å². The number of nitrogens with one attached hydrogen (secondary N) is 1. The molecular weight excluding hydrogens is 410 g/mol. The Labute approximate surface area is 175 Å². The molecule has 0 radical (unpaired) electrons. The predicted octanol–water partition coefficient (Wildman–Crippen LogP) is 4.11. The first-order valence-corrected chi connectivity index (χ1v) is 9.55. The highest BCUT2D eigenvalue weighted by molar-refractivity contribution is 7.99. The third kappa shape index (κ3) is 5.20. The van der Waals surface area contributed by atoms with Crippen molar-refractivity contribution in [2.24, 2.45) is 0 Å². The summed E-state index contributed by atoms with van der Waals surface area (Å²) in [5.41, 5.74) is 1.20. The Morgan fingerprint density at radius 3 is 2.37 bits per heavy atom. The van der Waals surface area contributed by atoms with Gasteiger partial charge in [0, 0.05) is 27.6 Å². The van der Waals surface area contributed by atoms with E-state index in [9.17, 15) is 25.0 Å². The van der Waals surface area contributed by atoms with E-state index < -0.39 is 15.8 Å². The second kappa shape index (κ2) is 8.74. The fourth-order valence-electron chi connectivity index (χ4n) is 2.68. The molecule has 0 bridgehead atoms. The molecule has 11 heteroatoms. The number of anilines is 1. The predicted molar refractivity (Wildman–Crippen MR) is 111 cm³/mol. The summed E-state index contributed by atoms with van der Waals surface area (Å²) in [5, 5.41) is 28.7. The van der Waals surface area contributed by atoms with E-state index in [0.29, 0.717) is 4.90 Å². The van der Waals surface area contributed by atoms with Crippen LogP contribution in [0.4, 0.5) is 17.1 Å². The normalized spacial score (nSPS) is 10.6. The number of nitro groups is 2. The third-order valence-electron chi connectivity index (χ3n) is 4.07. The van der Waals surface area contributed by atoms with Gasteiger partial charge in [-0.25, -0.2) is 0 Å². The first-order valence-electron chi connectivity index (χ1n) is 8.73. The zero-order chi connectivity index (χ0) is 21.8. The lowest BCUT2D eigenvalue weighted by Gasteiger charge is -2.08. The molecule has 2 aromatic carbocycles. The lowest BCUT2D eigenvalue weighted by molar-refractivity contribution is -0.385. The van der Waals surface area contributed by atoms with E-state index in [-0.39, 0.29) is 29.3 Å². The van der Waals surface area contributed by atoms with Crippen LogP contribution in [-0.4, -0.2) is 25.5 Å². The number of carbonyl (C=O) groups is 1. The van der Waals surface area contributed by atoms with Crippen molar-refractivity contribution in [2.75, 3.05) is 5.32 Å². The molecule has 10 nitrogen and oxygen atoms in total. The lowest BCUT2D eigenvalue weighted by Crippen LogP contribution is -2.19. The van der Waals surface area contributed by atoms with Crippen molar-refractivity contribution in [3.8, 4) is 0 Å². The largest absolute Gasteiger partial charge is 0.324 e. The van der Waals surface area contributed by atoms with E-state index >= 15 is 0 Å². The first-order chi connectivity index (χ1) is 14.2. The molecule has 1 aromatic heterocycles. The Balaban J connectivity index is 1.78. The maximum absolute atomic E-state index is 12.3. The maximum atomic E-state index is 12.3. The Bertz CT molecular complexity index is 1130. The monoisotopic (exact) mass is 427 g/mol. The molecule has 154 valence electrons. The second-order valence-corrected chi connectivity index (χ2v) is 7.64. The summed E-state index contributed by atoms with van der Waals surface area (Å²) in [5.74, 6) is -0.515. The molecule has 0 spiro atoms. The fourth-order valence-corrected chi connectivity index (χ4v) is 3.59. The maximum Gasteiger partial charge on any atom is 0.309 e. The number of benzene rings is 2. The number of nitro benzene ring substituents is 1. The van der Waals surface area contributed by atoms with Crippen molar-refractivity contribution in [2.45, 2.75) is 30.2 Å². The highest BCUT2D eigenvalue weighted by Crippen LogP contribution is 2.33. The Kier molecular flexibility index (Phi) is 6.11. The van der Waals surface area contributed by atoms with Crippen molar-refractivity contribution in [1.82, 2.24) is 9.78 Å². The van der Waals surface area contributed by atoms with Gasteiger partial charge in [-0.1, -0.05) is 29.5 Å². The molecule has 0 aliphatic rings. The number of non-ortho nitro benzene ring substituents is 1. The van der Waals surface area contributed by atoms with Crippen molar-refractivity contribution in [3.63, 3.8) is 0 Å². The molecule has 0 unspecified atom stereocenters. The standard InChI is InChI=1S/C19H17N5O5S/c1-12-3-5-16(6-4-12)30-17-8-14(7-15(9-17)23(26)27)20-19(25)11-22-10-18(24(28)29)13(2)21-22/h3-10H,11H2,1-2H3,(H,20,25). The molecule has 0 aliphatic carbocycles. The summed E-state index contributed by atoms with van der Waals surface area (Å²) < 4.78 is 1.15. The quantitative estimate of drug-likeness (QED) is 0.443. The van der Waals surface area contributed by atoms with Crippen LogP contribution in [0.5, 0.6) is 0 Å². The van der Waals surface area contributed by atoms with Crippen molar-refractivity contribution < 1.29 is 14.6 Å². The first kappa shape index (κ1) is 21.0. The minimum absolute atomic E-state index is 0.159. The lowest BCUT2D eigenvalue weighted by atomic mass is 10.2. The van der Waals surface area contributed by atoms with Gasteiger partial charge in [0.25, 0.3) is 5.69 Å². The number of amides is 1. The SMILES string of the molecule is Cc1ccc(Sc2cc(NC(=O)Cn3cc([N+](=O)[O-])c(C)n3)cc([N+](=O)[O-])c2)cc1. The van der Waals surface area contributed by atoms with Crippen molar-refractivity contribution >= 4 is 34.7 Å². The highest BCUT2D eigenvalue weighted by Gasteiger charge is 2.17. The molecule has 0 fully saturated rings. The van der Waals surface area contributed by atoms with E-state index in [1.165, 1.54) is 37.0 Å². The van der Waals surface area contributed by atoms with E-state index in [1.54, 1.807) is 6.07 Å². The van der Waals surface area contributed by atoms with E-state index in [1.807, 2.05) is 31.2 Å². The van der Waals surface area contributed by atoms with Gasteiger partial charge in [-0.3, -0.25) is 29.7 Å². The molecule has 1 heterocycles. The van der Waals surface area contributed by atoms with Gasteiger partial charge in [-0.05, 0) is 32.0 Å². The zero-order valence-corrected chi connectivity index (χ0v) is 16.9. The second-order valence-electron chi connectivity index (χ2n) is 6.49. The van der Waals surface area contributed by atoms with Crippen LogP contribution in [0.3, 0.4) is 0 Å². The minimum atomic E-state index is -0.578. The van der Waals surface area contributed by atoms with Gasteiger partial charge in [0.1, 0.15) is 18.4 Å². The van der Waals surface area contributed by atoms with Gasteiger partial charge < -0.3 is 5.32 Å². The Morgan fingerprint density at radius 1 is 1.07 bits per heavy atom. The average Bonchev–Trinajstić information content (AvgIpc) is 3.03. The molecule has 1 N–H and O–H groups in total. The number of aromatic nitrogens is 2. The summed E-state index contributed by atoms with van der Waals surface area (Å²) in [6.45, 7) is 3.17. The van der Waals surface area contributed by atoms with E-state index in [0.717, 1.165) is 15.1 Å². The summed E-state index contributed by atoms with van der Waals surface area (Å²) >= 11 is 1.33. The molecule has 1 amide bonds. The topological polar surface area (TPSA) is 133 Å². The van der Waals surface area contributed by atoms with Crippen LogP contribution in [0.25, 0.3) is 0 Å². The van der Waals surface area contributed by atoms with E-state index in [2.05, 4.69) is 10.4 Å². The zero-order valence-electron chi connectivity index (χ0n) is 16.1. The molecule has 0 saturated heterocycles. The average molecular weight is 427 g/mol. The van der Waals surface area contributed by atoms with Crippen molar-refractivity contribution in [1.29, 1.82) is 0 Å². The molecule has 3 aromatic rings. The molecule has 30 heavy (non-hydrogen) atoms. The number of nitrogens with zero attached hydrogens (tertiary/aromatic N) is 4. The Hall–Kier alpha value is -3.73. The van der Waals surface area contributed by atoms with Crippen LogP contribution in [0.2, 0.25) is 0 Å². The summed E-state index contributed by atoms with van der Waals surface area (Å²) in [4.78, 5) is 34.9. The van der Waals surface area contributed by atoms with E-state index in [4.69, 9.17) is 0 Å². The van der Waals surface area contributed by atoms with Crippen LogP contribution in [-0.2, 0) is 11.3 Å². The van der Waals surface area contributed by atoms with Crippen LogP contribution in [0, 0.1) is 34.1 Å². The van der Waals surface area contributed by atoms with Crippen molar-refractivity contribution in [3.05, 3.63) is 80.1 Å². The third-order valence-corrected chi connectivity index (χ3v) is 5.04. The summed E-state index contributed by atoms with van der Waals surface area (Å²) in [6, 6.07) is 12.0. The highest BCUT2D eigenvalue weighted by atomic mass is 32.2. The van der Waals surface area contributed by atoms with Gasteiger partial charge in [0.15, 0.2) is 0 Å². The minimum Gasteiger partial charge on any atom is -0.324 e. The number of hydrogen-bond acceptors (Lipinski definition) is 7. The van der Waals surface area contributed by atoms with Gasteiger partial charge in [-0.15, -0.1) is 0 Å². The van der Waals surface area contributed by atoms with Crippen LogP contribution in [0.15, 0.2) is 58.5 Å².